The number of piperazine rings is 1. The van der Waals surface area contributed by atoms with Gasteiger partial charge in [-0.25, -0.2) is 8.42 Å². The number of benzene rings is 2. The fourth-order valence-electron chi connectivity index (χ4n) is 2.86. The van der Waals surface area contributed by atoms with Crippen LogP contribution in [-0.2, 0) is 10.0 Å². The molecule has 0 bridgehead atoms. The Hall–Kier alpha value is -2.25. The van der Waals surface area contributed by atoms with Gasteiger partial charge in [-0.3, -0.25) is 4.72 Å². The zero-order valence-corrected chi connectivity index (χ0v) is 15.3. The molecule has 0 amide bonds. The fraction of sp³-hybridized carbons (Fsp3) is 0.333. The van der Waals surface area contributed by atoms with Crippen LogP contribution in [-0.4, -0.2) is 53.7 Å². The lowest BCUT2D eigenvalue weighted by molar-refractivity contribution is 0.311. The summed E-state index contributed by atoms with van der Waals surface area (Å²) in [4.78, 5) is 4.73. The average molecular weight is 361 g/mol. The van der Waals surface area contributed by atoms with Crippen molar-refractivity contribution in [1.82, 2.24) is 4.90 Å². The van der Waals surface area contributed by atoms with Gasteiger partial charge in [-0.2, -0.15) is 0 Å². The lowest BCUT2D eigenvalue weighted by Crippen LogP contribution is -2.44. The van der Waals surface area contributed by atoms with Crippen LogP contribution in [0.25, 0.3) is 0 Å². The number of hydrogen-bond acceptors (Lipinski definition) is 5. The number of likely N-dealkylation sites (N-methyl/N-ethyl adjacent to an activating group) is 1. The quantitative estimate of drug-likeness (QED) is 0.885. The highest BCUT2D eigenvalue weighted by Gasteiger charge is 2.20. The van der Waals surface area contributed by atoms with E-state index in [0.717, 1.165) is 37.6 Å². The third-order valence-electron chi connectivity index (χ3n) is 4.33. The molecule has 0 spiro atoms. The molecule has 7 heteroatoms. The summed E-state index contributed by atoms with van der Waals surface area (Å²) >= 11 is 0. The minimum Gasteiger partial charge on any atom is -0.495 e. The number of anilines is 2. The maximum atomic E-state index is 12.5. The number of sulfonamides is 1. The van der Waals surface area contributed by atoms with Gasteiger partial charge in [0.05, 0.1) is 23.4 Å². The molecule has 1 heterocycles. The predicted octanol–water partition coefficient (Wildman–Crippen LogP) is 2.25. The number of hydrogen-bond donors (Lipinski definition) is 1. The smallest absolute Gasteiger partial charge is 0.261 e. The highest BCUT2D eigenvalue weighted by molar-refractivity contribution is 7.92. The van der Waals surface area contributed by atoms with Crippen molar-refractivity contribution in [2.75, 3.05) is 50.0 Å². The molecular weight excluding hydrogens is 338 g/mol. The van der Waals surface area contributed by atoms with Gasteiger partial charge in [0.25, 0.3) is 10.0 Å². The first-order valence-corrected chi connectivity index (χ1v) is 9.67. The first kappa shape index (κ1) is 17.6. The molecule has 2 aromatic carbocycles. The molecule has 0 aromatic heterocycles. The van der Waals surface area contributed by atoms with Gasteiger partial charge in [-0.15, -0.1) is 0 Å². The van der Waals surface area contributed by atoms with Crippen LogP contribution in [0.2, 0.25) is 0 Å². The van der Waals surface area contributed by atoms with Crippen LogP contribution >= 0.6 is 0 Å². The molecule has 1 fully saturated rings. The summed E-state index contributed by atoms with van der Waals surface area (Å²) in [5.41, 5.74) is 1.43. The summed E-state index contributed by atoms with van der Waals surface area (Å²) in [6.07, 6.45) is 0. The number of rotatable bonds is 5. The van der Waals surface area contributed by atoms with E-state index in [4.69, 9.17) is 4.74 Å². The Morgan fingerprint density at radius 1 is 1.00 bits per heavy atom. The van der Waals surface area contributed by atoms with E-state index in [-0.39, 0.29) is 4.90 Å². The molecule has 0 saturated carbocycles. The minimum absolute atomic E-state index is 0.243. The van der Waals surface area contributed by atoms with Crippen LogP contribution in [0.5, 0.6) is 5.75 Å². The van der Waals surface area contributed by atoms with Crippen molar-refractivity contribution >= 4 is 21.4 Å². The van der Waals surface area contributed by atoms with E-state index in [1.807, 2.05) is 6.07 Å². The first-order chi connectivity index (χ1) is 12.0. The molecule has 6 nitrogen and oxygen atoms in total. The van der Waals surface area contributed by atoms with Crippen LogP contribution in [0.4, 0.5) is 11.4 Å². The van der Waals surface area contributed by atoms with E-state index >= 15 is 0 Å². The summed E-state index contributed by atoms with van der Waals surface area (Å²) in [6.45, 7) is 3.68. The van der Waals surface area contributed by atoms with E-state index in [1.54, 1.807) is 49.6 Å². The highest BCUT2D eigenvalue weighted by atomic mass is 32.2. The Balaban J connectivity index is 1.87. The summed E-state index contributed by atoms with van der Waals surface area (Å²) in [5.74, 6) is 0.743. The Morgan fingerprint density at radius 3 is 2.32 bits per heavy atom. The van der Waals surface area contributed by atoms with Gasteiger partial charge in [0.2, 0.25) is 0 Å². The lowest BCUT2D eigenvalue weighted by Gasteiger charge is -2.35. The monoisotopic (exact) mass is 361 g/mol. The fourth-order valence-corrected chi connectivity index (χ4v) is 3.93. The summed E-state index contributed by atoms with van der Waals surface area (Å²) in [5, 5.41) is 0. The molecule has 1 saturated heterocycles. The SMILES string of the molecule is COc1ccc(NS(=O)(=O)c2ccccc2)cc1N1CCN(C)CC1. The highest BCUT2D eigenvalue weighted by Crippen LogP contribution is 2.32. The van der Waals surface area contributed by atoms with E-state index < -0.39 is 10.0 Å². The predicted molar refractivity (Wildman–Crippen MR) is 100.0 cm³/mol. The van der Waals surface area contributed by atoms with E-state index in [9.17, 15) is 8.42 Å². The van der Waals surface area contributed by atoms with Crippen molar-refractivity contribution in [2.45, 2.75) is 4.90 Å². The second-order valence-electron chi connectivity index (χ2n) is 6.10. The van der Waals surface area contributed by atoms with E-state index in [0.29, 0.717) is 5.69 Å². The molecule has 25 heavy (non-hydrogen) atoms. The van der Waals surface area contributed by atoms with E-state index in [1.165, 1.54) is 0 Å². The van der Waals surface area contributed by atoms with Crippen molar-refractivity contribution in [3.05, 3.63) is 48.5 Å². The topological polar surface area (TPSA) is 61.9 Å². The zero-order chi connectivity index (χ0) is 17.9. The van der Waals surface area contributed by atoms with Crippen molar-refractivity contribution < 1.29 is 13.2 Å². The lowest BCUT2D eigenvalue weighted by atomic mass is 10.2. The maximum absolute atomic E-state index is 12.5. The Morgan fingerprint density at radius 2 is 1.68 bits per heavy atom. The molecular formula is C18H23N3O3S. The number of nitrogens with one attached hydrogen (secondary N) is 1. The third-order valence-corrected chi connectivity index (χ3v) is 5.73. The van der Waals surface area contributed by atoms with Gasteiger partial charge < -0.3 is 14.5 Å². The van der Waals surface area contributed by atoms with Crippen LogP contribution in [0.1, 0.15) is 0 Å². The second kappa shape index (κ2) is 7.33. The van der Waals surface area contributed by atoms with Gasteiger partial charge >= 0.3 is 0 Å². The van der Waals surface area contributed by atoms with Gasteiger partial charge in [-0.1, -0.05) is 18.2 Å². The molecule has 3 rings (SSSR count). The van der Waals surface area contributed by atoms with Crippen molar-refractivity contribution in [2.24, 2.45) is 0 Å². The van der Waals surface area contributed by atoms with Crippen molar-refractivity contribution in [3.8, 4) is 5.75 Å². The first-order valence-electron chi connectivity index (χ1n) is 8.19. The normalized spacial score (nSPS) is 15.8. The summed E-state index contributed by atoms with van der Waals surface area (Å²) in [6, 6.07) is 13.7. The van der Waals surface area contributed by atoms with Crippen molar-refractivity contribution in [1.29, 1.82) is 0 Å². The summed E-state index contributed by atoms with van der Waals surface area (Å²) < 4.78 is 33.2. The van der Waals surface area contributed by atoms with Crippen LogP contribution < -0.4 is 14.4 Å². The van der Waals surface area contributed by atoms with Crippen molar-refractivity contribution in [3.63, 3.8) is 0 Å². The molecule has 1 aliphatic rings. The van der Waals surface area contributed by atoms with Gasteiger partial charge in [0.15, 0.2) is 0 Å². The molecule has 0 unspecified atom stereocenters. The Bertz CT molecular complexity index is 817. The van der Waals surface area contributed by atoms with E-state index in [2.05, 4.69) is 21.6 Å². The molecule has 0 aliphatic carbocycles. The van der Waals surface area contributed by atoms with Gasteiger partial charge in [0.1, 0.15) is 5.75 Å². The Kier molecular flexibility index (Phi) is 5.15. The molecule has 1 N–H and O–H groups in total. The van der Waals surface area contributed by atoms with Crippen LogP contribution in [0, 0.1) is 0 Å². The number of nitrogens with zero attached hydrogens (tertiary/aromatic N) is 2. The second-order valence-corrected chi connectivity index (χ2v) is 7.78. The van der Waals surface area contributed by atoms with Gasteiger partial charge in [-0.05, 0) is 37.4 Å². The molecule has 2 aromatic rings. The zero-order valence-electron chi connectivity index (χ0n) is 14.5. The number of methoxy groups -OCH3 is 1. The minimum atomic E-state index is -3.61. The molecule has 1 aliphatic heterocycles. The summed E-state index contributed by atoms with van der Waals surface area (Å²) in [7, 11) is 0.117. The van der Waals surface area contributed by atoms with Gasteiger partial charge in [0, 0.05) is 26.2 Å². The molecule has 134 valence electrons. The van der Waals surface area contributed by atoms with Crippen LogP contribution in [0.3, 0.4) is 0 Å². The third kappa shape index (κ3) is 4.05. The maximum Gasteiger partial charge on any atom is 0.261 e. The Labute approximate surface area is 149 Å². The molecule has 0 atom stereocenters. The average Bonchev–Trinajstić information content (AvgIpc) is 2.63. The van der Waals surface area contributed by atoms with Crippen LogP contribution in [0.15, 0.2) is 53.4 Å². The molecule has 0 radical (unpaired) electrons. The largest absolute Gasteiger partial charge is 0.495 e. The standard InChI is InChI=1S/C18H23N3O3S/c1-20-10-12-21(13-11-20)17-14-15(8-9-18(17)24-2)19-25(22,23)16-6-4-3-5-7-16/h3-9,14,19H,10-13H2,1-2H3. The number of ether oxygens (including phenoxy) is 1.